The number of nitrogens with two attached hydrogens (primary N) is 1. The summed E-state index contributed by atoms with van der Waals surface area (Å²) in [7, 11) is 0. The first-order valence-electron chi connectivity index (χ1n) is 5.17. The highest BCUT2D eigenvalue weighted by Crippen LogP contribution is 2.47. The van der Waals surface area contributed by atoms with Gasteiger partial charge in [0, 0.05) is 6.54 Å². The Balaban J connectivity index is 2.22. The third kappa shape index (κ3) is 2.69. The predicted molar refractivity (Wildman–Crippen MR) is 53.2 cm³/mol. The van der Waals surface area contributed by atoms with Gasteiger partial charge in [-0.2, -0.15) is 0 Å². The van der Waals surface area contributed by atoms with Gasteiger partial charge in [0.05, 0.1) is 6.04 Å². The van der Waals surface area contributed by atoms with Crippen molar-refractivity contribution in [3.63, 3.8) is 0 Å². The number of hydrogen-bond acceptors (Lipinski definition) is 2. The number of carbonyl (C=O) groups is 1. The van der Waals surface area contributed by atoms with Crippen LogP contribution in [0.4, 0.5) is 0 Å². The van der Waals surface area contributed by atoms with E-state index in [9.17, 15) is 4.79 Å². The highest BCUT2D eigenvalue weighted by atomic mass is 16.2. The summed E-state index contributed by atoms with van der Waals surface area (Å²) >= 11 is 0. The Morgan fingerprint density at radius 3 is 2.54 bits per heavy atom. The standard InChI is InChI=1S/C10H20N2O/c1-3-8(11)9(13)12-7-10(4-2)5-6-10/h8H,3-7,11H2,1-2H3,(H,12,13)/t8-/m1/s1. The quantitative estimate of drug-likeness (QED) is 0.670. The zero-order valence-electron chi connectivity index (χ0n) is 8.60. The van der Waals surface area contributed by atoms with Gasteiger partial charge in [-0.15, -0.1) is 0 Å². The summed E-state index contributed by atoms with van der Waals surface area (Å²) in [5.74, 6) is 0.00206. The third-order valence-corrected chi connectivity index (χ3v) is 3.12. The van der Waals surface area contributed by atoms with Crippen LogP contribution in [0.15, 0.2) is 0 Å². The van der Waals surface area contributed by atoms with Gasteiger partial charge in [0.15, 0.2) is 0 Å². The molecular formula is C10H20N2O. The molecule has 1 saturated carbocycles. The molecule has 1 aliphatic rings. The van der Waals surface area contributed by atoms with Crippen molar-refractivity contribution in [1.29, 1.82) is 0 Å². The van der Waals surface area contributed by atoms with Crippen molar-refractivity contribution in [2.24, 2.45) is 11.1 Å². The molecule has 3 nitrogen and oxygen atoms in total. The normalized spacial score (nSPS) is 20.8. The summed E-state index contributed by atoms with van der Waals surface area (Å²) in [5, 5.41) is 2.92. The van der Waals surface area contributed by atoms with Gasteiger partial charge < -0.3 is 11.1 Å². The molecule has 13 heavy (non-hydrogen) atoms. The Bertz CT molecular complexity index is 187. The van der Waals surface area contributed by atoms with E-state index in [1.54, 1.807) is 0 Å². The first kappa shape index (κ1) is 10.5. The van der Waals surface area contributed by atoms with Crippen molar-refractivity contribution in [3.8, 4) is 0 Å². The lowest BCUT2D eigenvalue weighted by Crippen LogP contribution is -2.42. The first-order valence-corrected chi connectivity index (χ1v) is 5.17. The average Bonchev–Trinajstić information content (AvgIpc) is 2.93. The van der Waals surface area contributed by atoms with Gasteiger partial charge >= 0.3 is 0 Å². The van der Waals surface area contributed by atoms with Crippen LogP contribution in [-0.4, -0.2) is 18.5 Å². The van der Waals surface area contributed by atoms with Crippen LogP contribution in [0.25, 0.3) is 0 Å². The van der Waals surface area contributed by atoms with Gasteiger partial charge in [-0.25, -0.2) is 0 Å². The molecule has 1 fully saturated rings. The molecule has 0 saturated heterocycles. The second-order valence-electron chi connectivity index (χ2n) is 4.09. The van der Waals surface area contributed by atoms with E-state index in [4.69, 9.17) is 5.73 Å². The molecule has 0 spiro atoms. The molecule has 1 atom stereocenters. The Hall–Kier alpha value is -0.570. The van der Waals surface area contributed by atoms with Crippen molar-refractivity contribution >= 4 is 5.91 Å². The Morgan fingerprint density at radius 1 is 1.54 bits per heavy atom. The first-order chi connectivity index (χ1) is 6.13. The summed E-state index contributed by atoms with van der Waals surface area (Å²) in [5.41, 5.74) is 6.02. The molecule has 0 radical (unpaired) electrons. The van der Waals surface area contributed by atoms with Crippen LogP contribution in [0.3, 0.4) is 0 Å². The molecule has 1 amide bonds. The van der Waals surface area contributed by atoms with Crippen LogP contribution in [-0.2, 0) is 4.79 Å². The smallest absolute Gasteiger partial charge is 0.236 e. The number of nitrogens with one attached hydrogen (secondary N) is 1. The highest BCUT2D eigenvalue weighted by molar-refractivity contribution is 5.81. The number of carbonyl (C=O) groups excluding carboxylic acids is 1. The Labute approximate surface area is 80.1 Å². The second kappa shape index (κ2) is 4.09. The maximum Gasteiger partial charge on any atom is 0.236 e. The van der Waals surface area contributed by atoms with Crippen molar-refractivity contribution < 1.29 is 4.79 Å². The molecule has 76 valence electrons. The van der Waals surface area contributed by atoms with Gasteiger partial charge in [-0.05, 0) is 31.1 Å². The number of hydrogen-bond donors (Lipinski definition) is 2. The van der Waals surface area contributed by atoms with Crippen molar-refractivity contribution in [1.82, 2.24) is 5.32 Å². The second-order valence-corrected chi connectivity index (χ2v) is 4.09. The van der Waals surface area contributed by atoms with E-state index in [1.807, 2.05) is 6.92 Å². The van der Waals surface area contributed by atoms with Gasteiger partial charge in [0.25, 0.3) is 0 Å². The average molecular weight is 184 g/mol. The molecule has 1 rings (SSSR count). The molecule has 0 heterocycles. The molecule has 0 bridgehead atoms. The predicted octanol–water partition coefficient (Wildman–Crippen LogP) is 1.03. The fourth-order valence-electron chi connectivity index (χ4n) is 1.42. The number of amides is 1. The maximum atomic E-state index is 11.3. The topological polar surface area (TPSA) is 55.1 Å². The molecule has 0 aromatic heterocycles. The molecule has 0 aromatic rings. The fraction of sp³-hybridized carbons (Fsp3) is 0.900. The SMILES string of the molecule is CC[C@@H](N)C(=O)NCC1(CC)CC1. The lowest BCUT2D eigenvalue weighted by Gasteiger charge is -2.15. The van der Waals surface area contributed by atoms with Gasteiger partial charge in [0.2, 0.25) is 5.91 Å². The van der Waals surface area contributed by atoms with Gasteiger partial charge in [0.1, 0.15) is 0 Å². The summed E-state index contributed by atoms with van der Waals surface area (Å²) in [6.07, 6.45) is 4.38. The minimum absolute atomic E-state index is 0.00206. The van der Waals surface area contributed by atoms with Crippen LogP contribution in [0, 0.1) is 5.41 Å². The van der Waals surface area contributed by atoms with Crippen LogP contribution < -0.4 is 11.1 Å². The zero-order chi connectivity index (χ0) is 9.90. The third-order valence-electron chi connectivity index (χ3n) is 3.12. The lowest BCUT2D eigenvalue weighted by molar-refractivity contribution is -0.122. The van der Waals surface area contributed by atoms with Crippen molar-refractivity contribution in [3.05, 3.63) is 0 Å². The summed E-state index contributed by atoms with van der Waals surface area (Å²) < 4.78 is 0. The van der Waals surface area contributed by atoms with Gasteiger partial charge in [-0.3, -0.25) is 4.79 Å². The fourth-order valence-corrected chi connectivity index (χ4v) is 1.42. The largest absolute Gasteiger partial charge is 0.354 e. The molecular weight excluding hydrogens is 164 g/mol. The Morgan fingerprint density at radius 2 is 2.15 bits per heavy atom. The van der Waals surface area contributed by atoms with E-state index < -0.39 is 0 Å². The van der Waals surface area contributed by atoms with E-state index in [2.05, 4.69) is 12.2 Å². The van der Waals surface area contributed by atoms with E-state index in [0.29, 0.717) is 11.8 Å². The van der Waals surface area contributed by atoms with Crippen molar-refractivity contribution in [2.75, 3.05) is 6.54 Å². The van der Waals surface area contributed by atoms with Gasteiger partial charge in [-0.1, -0.05) is 13.8 Å². The summed E-state index contributed by atoms with van der Waals surface area (Å²) in [6.45, 7) is 4.92. The maximum absolute atomic E-state index is 11.3. The zero-order valence-corrected chi connectivity index (χ0v) is 8.60. The minimum Gasteiger partial charge on any atom is -0.354 e. The minimum atomic E-state index is -0.326. The molecule has 3 heteroatoms. The van der Waals surface area contributed by atoms with E-state index >= 15 is 0 Å². The molecule has 1 aliphatic carbocycles. The molecule has 0 aliphatic heterocycles. The summed E-state index contributed by atoms with van der Waals surface area (Å²) in [6, 6.07) is -0.326. The van der Waals surface area contributed by atoms with Crippen molar-refractivity contribution in [2.45, 2.75) is 45.6 Å². The Kier molecular flexibility index (Phi) is 3.31. The monoisotopic (exact) mass is 184 g/mol. The summed E-state index contributed by atoms with van der Waals surface area (Å²) in [4.78, 5) is 11.3. The molecule has 0 unspecified atom stereocenters. The van der Waals surface area contributed by atoms with Crippen LogP contribution in [0.1, 0.15) is 39.5 Å². The van der Waals surface area contributed by atoms with E-state index in [0.717, 1.165) is 13.0 Å². The van der Waals surface area contributed by atoms with Crippen LogP contribution in [0.5, 0.6) is 0 Å². The van der Waals surface area contributed by atoms with E-state index in [-0.39, 0.29) is 11.9 Å². The van der Waals surface area contributed by atoms with E-state index in [1.165, 1.54) is 12.8 Å². The highest BCUT2D eigenvalue weighted by Gasteiger charge is 2.40. The van der Waals surface area contributed by atoms with Crippen LogP contribution >= 0.6 is 0 Å². The molecule has 3 N–H and O–H groups in total. The lowest BCUT2D eigenvalue weighted by atomic mass is 10.0. The number of rotatable bonds is 5. The molecule has 0 aromatic carbocycles. The van der Waals surface area contributed by atoms with Crippen LogP contribution in [0.2, 0.25) is 0 Å².